The second-order valence-electron chi connectivity index (χ2n) is 4.34. The molecule has 0 unspecified atom stereocenters. The van der Waals surface area contributed by atoms with Crippen LogP contribution in [0.2, 0.25) is 0 Å². The van der Waals surface area contributed by atoms with Crippen molar-refractivity contribution < 1.29 is 9.59 Å². The van der Waals surface area contributed by atoms with Gasteiger partial charge in [-0.25, -0.2) is 0 Å². The number of hydrogen-bond donors (Lipinski definition) is 0. The first-order valence-electron chi connectivity index (χ1n) is 5.52. The number of carbonyl (C=O) groups excluding carboxylic acids is 2. The Morgan fingerprint density at radius 2 is 1.38 bits per heavy atom. The maximum absolute atomic E-state index is 10.1. The molecule has 0 atom stereocenters. The molecule has 0 saturated heterocycles. The first-order chi connectivity index (χ1) is 7.31. The normalized spacial score (nSPS) is 10.0. The van der Waals surface area contributed by atoms with Gasteiger partial charge in [-0.1, -0.05) is 16.7 Å². The molecule has 2 heteroatoms. The van der Waals surface area contributed by atoms with Gasteiger partial charge in [0.25, 0.3) is 0 Å². The van der Waals surface area contributed by atoms with Gasteiger partial charge in [-0.2, -0.15) is 0 Å². The molecular weight excluding hydrogens is 200 g/mol. The lowest BCUT2D eigenvalue weighted by Crippen LogP contribution is -1.84. The van der Waals surface area contributed by atoms with Crippen LogP contribution in [0.5, 0.6) is 0 Å². The SMILES string of the molecule is CC(C)=C(C)CC/C(C)=C/C=O.CC(C)=O. The average molecular weight is 224 g/mol. The van der Waals surface area contributed by atoms with Crippen LogP contribution in [-0.4, -0.2) is 12.1 Å². The van der Waals surface area contributed by atoms with E-state index in [1.807, 2.05) is 6.92 Å². The fraction of sp³-hybridized carbons (Fsp3) is 0.571. The Morgan fingerprint density at radius 3 is 1.69 bits per heavy atom. The Balaban J connectivity index is 0. The molecule has 0 aliphatic rings. The molecule has 0 rings (SSSR count). The second kappa shape index (κ2) is 10.3. The Labute approximate surface area is 99.4 Å². The molecule has 0 aromatic rings. The molecular formula is C14H24O2. The number of hydrogen-bond acceptors (Lipinski definition) is 2. The van der Waals surface area contributed by atoms with Gasteiger partial charge in [0.1, 0.15) is 12.1 Å². The molecule has 0 N–H and O–H groups in total. The number of carbonyl (C=O) groups is 2. The lowest BCUT2D eigenvalue weighted by atomic mass is 10.0. The Bertz CT molecular complexity index is 275. The molecule has 0 amide bonds. The third kappa shape index (κ3) is 15.3. The largest absolute Gasteiger partial charge is 0.300 e. The summed E-state index contributed by atoms with van der Waals surface area (Å²) in [6.07, 6.45) is 4.56. The summed E-state index contributed by atoms with van der Waals surface area (Å²) in [5.41, 5.74) is 3.97. The van der Waals surface area contributed by atoms with E-state index in [1.54, 1.807) is 6.08 Å². The number of ketones is 1. The number of aldehydes is 1. The van der Waals surface area contributed by atoms with E-state index < -0.39 is 0 Å². The van der Waals surface area contributed by atoms with Gasteiger partial charge in [0.2, 0.25) is 0 Å². The van der Waals surface area contributed by atoms with Gasteiger partial charge in [0.05, 0.1) is 0 Å². The highest BCUT2D eigenvalue weighted by Gasteiger charge is 1.93. The van der Waals surface area contributed by atoms with Gasteiger partial charge >= 0.3 is 0 Å². The molecule has 16 heavy (non-hydrogen) atoms. The molecule has 0 aliphatic carbocycles. The van der Waals surface area contributed by atoms with Crippen LogP contribution in [0, 0.1) is 0 Å². The van der Waals surface area contributed by atoms with Crippen LogP contribution in [-0.2, 0) is 9.59 Å². The smallest absolute Gasteiger partial charge is 0.142 e. The molecule has 0 aromatic heterocycles. The topological polar surface area (TPSA) is 34.1 Å². The van der Waals surface area contributed by atoms with Gasteiger partial charge in [-0.15, -0.1) is 0 Å². The monoisotopic (exact) mass is 224 g/mol. The fourth-order valence-corrected chi connectivity index (χ4v) is 0.834. The van der Waals surface area contributed by atoms with E-state index in [0.717, 1.165) is 24.7 Å². The third-order valence-electron chi connectivity index (χ3n) is 2.10. The van der Waals surface area contributed by atoms with Crippen LogP contribution in [0.3, 0.4) is 0 Å². The molecule has 92 valence electrons. The predicted molar refractivity (Wildman–Crippen MR) is 69.5 cm³/mol. The zero-order valence-corrected chi connectivity index (χ0v) is 11.4. The highest BCUT2D eigenvalue weighted by Crippen LogP contribution is 2.13. The van der Waals surface area contributed by atoms with Gasteiger partial charge in [-0.05, 0) is 60.5 Å². The molecule has 0 aliphatic heterocycles. The predicted octanol–water partition coefficient (Wildman–Crippen LogP) is 3.86. The van der Waals surface area contributed by atoms with E-state index >= 15 is 0 Å². The Hall–Kier alpha value is -1.18. The Morgan fingerprint density at radius 1 is 0.938 bits per heavy atom. The minimum atomic E-state index is 0.167. The molecule has 0 spiro atoms. The summed E-state index contributed by atoms with van der Waals surface area (Å²) in [6, 6.07) is 0. The van der Waals surface area contributed by atoms with Crippen molar-refractivity contribution in [3.8, 4) is 0 Å². The summed E-state index contributed by atoms with van der Waals surface area (Å²) < 4.78 is 0. The van der Waals surface area contributed by atoms with E-state index in [2.05, 4.69) is 20.8 Å². The molecule has 0 saturated carbocycles. The van der Waals surface area contributed by atoms with Gasteiger partial charge in [0.15, 0.2) is 0 Å². The summed E-state index contributed by atoms with van der Waals surface area (Å²) in [6.45, 7) is 11.4. The van der Waals surface area contributed by atoms with Crippen molar-refractivity contribution in [2.45, 2.75) is 54.4 Å². The van der Waals surface area contributed by atoms with Crippen molar-refractivity contribution in [2.75, 3.05) is 0 Å². The van der Waals surface area contributed by atoms with Gasteiger partial charge < -0.3 is 4.79 Å². The Kier molecular flexibility index (Phi) is 11.1. The summed E-state index contributed by atoms with van der Waals surface area (Å²) in [7, 11) is 0. The van der Waals surface area contributed by atoms with E-state index in [0.29, 0.717) is 0 Å². The standard InChI is InChI=1S/C11H18O.C3H6O/c1-9(2)11(4)6-5-10(3)7-8-12;1-3(2)4/h7-8H,5-6H2,1-4H3;1-2H3/b10-7+;. The van der Waals surface area contributed by atoms with Crippen molar-refractivity contribution in [1.82, 2.24) is 0 Å². The molecule has 0 bridgehead atoms. The van der Waals surface area contributed by atoms with Gasteiger partial charge in [-0.3, -0.25) is 4.79 Å². The highest BCUT2D eigenvalue weighted by atomic mass is 16.1. The maximum atomic E-state index is 10.1. The molecule has 2 nitrogen and oxygen atoms in total. The maximum Gasteiger partial charge on any atom is 0.142 e. The number of Topliss-reactive ketones (excluding diaryl/α,β-unsaturated/α-hetero) is 1. The van der Waals surface area contributed by atoms with Crippen LogP contribution >= 0.6 is 0 Å². The molecule has 0 fully saturated rings. The zero-order chi connectivity index (χ0) is 13.1. The third-order valence-corrected chi connectivity index (χ3v) is 2.10. The lowest BCUT2D eigenvalue weighted by Gasteiger charge is -2.03. The van der Waals surface area contributed by atoms with Crippen molar-refractivity contribution in [3.05, 3.63) is 22.8 Å². The minimum absolute atomic E-state index is 0.167. The summed E-state index contributed by atoms with van der Waals surface area (Å²) in [5.74, 6) is 0.167. The van der Waals surface area contributed by atoms with Crippen LogP contribution in [0.1, 0.15) is 54.4 Å². The van der Waals surface area contributed by atoms with Crippen LogP contribution in [0.15, 0.2) is 22.8 Å². The van der Waals surface area contributed by atoms with E-state index in [4.69, 9.17) is 0 Å². The second-order valence-corrected chi connectivity index (χ2v) is 4.34. The zero-order valence-electron chi connectivity index (χ0n) is 11.4. The van der Waals surface area contributed by atoms with Crippen molar-refractivity contribution in [3.63, 3.8) is 0 Å². The minimum Gasteiger partial charge on any atom is -0.300 e. The lowest BCUT2D eigenvalue weighted by molar-refractivity contribution is -0.115. The fourth-order valence-electron chi connectivity index (χ4n) is 0.834. The number of rotatable bonds is 4. The van der Waals surface area contributed by atoms with Crippen molar-refractivity contribution in [2.24, 2.45) is 0 Å². The van der Waals surface area contributed by atoms with E-state index in [9.17, 15) is 9.59 Å². The number of allylic oxidation sites excluding steroid dienone is 4. The summed E-state index contributed by atoms with van der Waals surface area (Å²) in [4.78, 5) is 19.5. The van der Waals surface area contributed by atoms with Crippen molar-refractivity contribution >= 4 is 12.1 Å². The quantitative estimate of drug-likeness (QED) is 0.413. The van der Waals surface area contributed by atoms with Crippen LogP contribution in [0.25, 0.3) is 0 Å². The average Bonchev–Trinajstić information content (AvgIpc) is 2.13. The first kappa shape index (κ1) is 17.2. The van der Waals surface area contributed by atoms with Crippen LogP contribution in [0.4, 0.5) is 0 Å². The van der Waals surface area contributed by atoms with Crippen molar-refractivity contribution in [1.29, 1.82) is 0 Å². The summed E-state index contributed by atoms with van der Waals surface area (Å²) in [5, 5.41) is 0. The van der Waals surface area contributed by atoms with Gasteiger partial charge in [0, 0.05) is 0 Å². The van der Waals surface area contributed by atoms with E-state index in [1.165, 1.54) is 25.0 Å². The molecule has 0 heterocycles. The van der Waals surface area contributed by atoms with Crippen LogP contribution < -0.4 is 0 Å². The molecule has 0 aromatic carbocycles. The summed E-state index contributed by atoms with van der Waals surface area (Å²) >= 11 is 0. The first-order valence-corrected chi connectivity index (χ1v) is 5.52. The highest BCUT2D eigenvalue weighted by molar-refractivity contribution is 5.72. The molecule has 0 radical (unpaired) electrons. The van der Waals surface area contributed by atoms with E-state index in [-0.39, 0.29) is 5.78 Å².